The lowest BCUT2D eigenvalue weighted by molar-refractivity contribution is -0.0520. The molecule has 8 N–H and O–H groups in total. The first kappa shape index (κ1) is 16.3. The van der Waals surface area contributed by atoms with Gasteiger partial charge in [-0.25, -0.2) is 9.98 Å². The lowest BCUT2D eigenvalue weighted by Crippen LogP contribution is -2.62. The van der Waals surface area contributed by atoms with Crippen LogP contribution in [-0.2, 0) is 10.4 Å². The number of aliphatic hydroxyl groups is 3. The second-order valence-corrected chi connectivity index (χ2v) is 5.84. The van der Waals surface area contributed by atoms with Gasteiger partial charge in [0, 0.05) is 6.04 Å². The molecule has 1 aromatic heterocycles. The highest BCUT2D eigenvalue weighted by Crippen LogP contribution is 2.37. The standard InChI is InChI=1S/C13H22N6O4/c1-2-7(14)13(15)10-11(16-4-18-13)19(5-17-10)12-9(22)8(21)6(3-20)23-12/h4-9,12,20-22H,2-3,14-15H2,1H3,(H,16,18)/t6-,7?,8-,9-,12-,13?/m1/s1. The minimum absolute atomic E-state index is 0.394. The molecule has 3 heterocycles. The number of aliphatic imine (C=N–C) groups is 1. The van der Waals surface area contributed by atoms with E-state index in [1.54, 1.807) is 0 Å². The van der Waals surface area contributed by atoms with E-state index in [1.807, 2.05) is 6.92 Å². The molecule has 0 bridgehead atoms. The quantitative estimate of drug-likeness (QED) is 0.356. The predicted octanol–water partition coefficient (Wildman–Crippen LogP) is -2.39. The Morgan fingerprint density at radius 1 is 1.48 bits per heavy atom. The van der Waals surface area contributed by atoms with Gasteiger partial charge in [-0.3, -0.25) is 4.57 Å². The van der Waals surface area contributed by atoms with E-state index in [1.165, 1.54) is 17.2 Å². The summed E-state index contributed by atoms with van der Waals surface area (Å²) >= 11 is 0. The third kappa shape index (κ3) is 2.35. The highest BCUT2D eigenvalue weighted by atomic mass is 16.6. The van der Waals surface area contributed by atoms with Crippen LogP contribution in [0.4, 0.5) is 5.82 Å². The van der Waals surface area contributed by atoms with Crippen LogP contribution in [-0.4, -0.2) is 62.2 Å². The molecule has 0 spiro atoms. The zero-order valence-electron chi connectivity index (χ0n) is 12.7. The van der Waals surface area contributed by atoms with Crippen molar-refractivity contribution in [3.05, 3.63) is 12.0 Å². The summed E-state index contributed by atoms with van der Waals surface area (Å²) in [5.74, 6) is 0.394. The number of ether oxygens (including phenoxy) is 1. The molecule has 0 amide bonds. The van der Waals surface area contributed by atoms with Gasteiger partial charge in [-0.05, 0) is 6.42 Å². The second-order valence-electron chi connectivity index (χ2n) is 5.84. The first-order chi connectivity index (χ1) is 10.9. The number of nitrogens with zero attached hydrogens (tertiary/aromatic N) is 3. The summed E-state index contributed by atoms with van der Waals surface area (Å²) in [6.45, 7) is 1.51. The molecule has 2 unspecified atom stereocenters. The van der Waals surface area contributed by atoms with E-state index in [9.17, 15) is 15.3 Å². The van der Waals surface area contributed by atoms with Gasteiger partial charge in [0.05, 0.1) is 19.3 Å². The number of rotatable bonds is 4. The number of hydrogen-bond donors (Lipinski definition) is 6. The van der Waals surface area contributed by atoms with Crippen LogP contribution < -0.4 is 16.8 Å². The van der Waals surface area contributed by atoms with Gasteiger partial charge in [-0.1, -0.05) is 6.92 Å². The molecule has 10 heteroatoms. The van der Waals surface area contributed by atoms with Crippen LogP contribution in [0, 0.1) is 0 Å². The van der Waals surface area contributed by atoms with Crippen molar-refractivity contribution >= 4 is 12.2 Å². The first-order valence-corrected chi connectivity index (χ1v) is 7.48. The maximum Gasteiger partial charge on any atom is 0.165 e. The lowest BCUT2D eigenvalue weighted by atomic mass is 9.95. The molecule has 128 valence electrons. The van der Waals surface area contributed by atoms with Gasteiger partial charge >= 0.3 is 0 Å². The molecule has 2 aliphatic rings. The molecule has 0 aliphatic carbocycles. The summed E-state index contributed by atoms with van der Waals surface area (Å²) in [6, 6.07) is -0.401. The zero-order chi connectivity index (χ0) is 16.8. The van der Waals surface area contributed by atoms with Crippen molar-refractivity contribution in [2.45, 2.75) is 49.6 Å². The normalized spacial score (nSPS) is 37.5. The Morgan fingerprint density at radius 2 is 2.22 bits per heavy atom. The van der Waals surface area contributed by atoms with Crippen molar-refractivity contribution in [1.82, 2.24) is 14.9 Å². The Hall–Kier alpha value is -1.56. The molecule has 2 aliphatic heterocycles. The van der Waals surface area contributed by atoms with Gasteiger partial charge in [0.2, 0.25) is 0 Å². The largest absolute Gasteiger partial charge is 0.394 e. The number of nitrogens with two attached hydrogens (primary N) is 2. The monoisotopic (exact) mass is 326 g/mol. The molecular formula is C13H22N6O4. The van der Waals surface area contributed by atoms with Crippen LogP contribution in [0.2, 0.25) is 0 Å². The lowest BCUT2D eigenvalue weighted by Gasteiger charge is -2.36. The van der Waals surface area contributed by atoms with Gasteiger partial charge in [0.15, 0.2) is 12.0 Å². The fourth-order valence-electron chi connectivity index (χ4n) is 2.94. The van der Waals surface area contributed by atoms with E-state index in [2.05, 4.69) is 15.3 Å². The van der Waals surface area contributed by atoms with Gasteiger partial charge < -0.3 is 36.8 Å². The summed E-state index contributed by atoms with van der Waals surface area (Å²) in [6.07, 6.45) is -0.736. The molecule has 0 radical (unpaired) electrons. The maximum absolute atomic E-state index is 10.2. The van der Waals surface area contributed by atoms with Crippen molar-refractivity contribution in [1.29, 1.82) is 0 Å². The van der Waals surface area contributed by atoms with E-state index in [0.29, 0.717) is 17.9 Å². The van der Waals surface area contributed by atoms with E-state index in [4.69, 9.17) is 16.2 Å². The second kappa shape index (κ2) is 5.82. The summed E-state index contributed by atoms with van der Waals surface area (Å²) < 4.78 is 6.99. The number of fused-ring (bicyclic) bond motifs is 1. The third-order valence-corrected chi connectivity index (χ3v) is 4.47. The highest BCUT2D eigenvalue weighted by molar-refractivity contribution is 5.67. The fourth-order valence-corrected chi connectivity index (χ4v) is 2.94. The minimum Gasteiger partial charge on any atom is -0.394 e. The molecule has 6 atom stereocenters. The maximum atomic E-state index is 10.2. The van der Waals surface area contributed by atoms with Crippen molar-refractivity contribution < 1.29 is 20.1 Å². The smallest absolute Gasteiger partial charge is 0.165 e. The first-order valence-electron chi connectivity index (χ1n) is 7.48. The number of aliphatic hydroxyl groups excluding tert-OH is 3. The Morgan fingerprint density at radius 3 is 2.83 bits per heavy atom. The van der Waals surface area contributed by atoms with Crippen LogP contribution in [0.1, 0.15) is 25.3 Å². The van der Waals surface area contributed by atoms with Crippen molar-refractivity contribution in [3.63, 3.8) is 0 Å². The number of imidazole rings is 1. The van der Waals surface area contributed by atoms with Gasteiger partial charge in [-0.2, -0.15) is 0 Å². The van der Waals surface area contributed by atoms with Gasteiger partial charge in [-0.15, -0.1) is 0 Å². The summed E-state index contributed by atoms with van der Waals surface area (Å²) in [7, 11) is 0. The summed E-state index contributed by atoms with van der Waals surface area (Å²) in [5, 5.41) is 32.2. The SMILES string of the molecule is CCC(N)C1(N)NC=Nc2c1ncn2[C@@H]1O[C@H](CO)[C@@H](O)[C@H]1O. The third-order valence-electron chi connectivity index (χ3n) is 4.47. The zero-order valence-corrected chi connectivity index (χ0v) is 12.7. The van der Waals surface area contributed by atoms with E-state index >= 15 is 0 Å². The Balaban J connectivity index is 1.98. The summed E-state index contributed by atoms with van der Waals surface area (Å²) in [4.78, 5) is 8.49. The van der Waals surface area contributed by atoms with E-state index in [-0.39, 0.29) is 0 Å². The molecular weight excluding hydrogens is 304 g/mol. The molecule has 10 nitrogen and oxygen atoms in total. The van der Waals surface area contributed by atoms with Crippen molar-refractivity contribution in [2.75, 3.05) is 6.61 Å². The molecule has 0 saturated carbocycles. The number of aromatic nitrogens is 2. The fraction of sp³-hybridized carbons (Fsp3) is 0.692. The van der Waals surface area contributed by atoms with E-state index < -0.39 is 42.9 Å². The molecule has 0 aromatic carbocycles. The summed E-state index contributed by atoms with van der Waals surface area (Å²) in [5.41, 5.74) is 11.8. The average Bonchev–Trinajstić information content (AvgIpc) is 3.10. The molecule has 23 heavy (non-hydrogen) atoms. The minimum atomic E-state index is -1.22. The molecule has 3 rings (SSSR count). The molecule has 1 saturated heterocycles. The van der Waals surface area contributed by atoms with Crippen LogP contribution >= 0.6 is 0 Å². The topological polar surface area (TPSA) is 164 Å². The van der Waals surface area contributed by atoms with Gasteiger partial charge in [0.25, 0.3) is 0 Å². The van der Waals surface area contributed by atoms with E-state index in [0.717, 1.165) is 0 Å². The van der Waals surface area contributed by atoms with Crippen LogP contribution in [0.5, 0.6) is 0 Å². The number of hydrogen-bond acceptors (Lipinski definition) is 9. The highest BCUT2D eigenvalue weighted by Gasteiger charge is 2.46. The Bertz CT molecular complexity index is 607. The van der Waals surface area contributed by atoms with Gasteiger partial charge in [0.1, 0.15) is 29.7 Å². The predicted molar refractivity (Wildman–Crippen MR) is 80.7 cm³/mol. The molecule has 1 aromatic rings. The van der Waals surface area contributed by atoms with Crippen LogP contribution in [0.3, 0.4) is 0 Å². The number of nitrogens with one attached hydrogen (secondary N) is 1. The Kier molecular flexibility index (Phi) is 4.12. The van der Waals surface area contributed by atoms with Crippen LogP contribution in [0.25, 0.3) is 0 Å². The van der Waals surface area contributed by atoms with Crippen molar-refractivity contribution in [2.24, 2.45) is 16.5 Å². The Labute approximate surface area is 132 Å². The average molecular weight is 326 g/mol. The van der Waals surface area contributed by atoms with Crippen molar-refractivity contribution in [3.8, 4) is 0 Å². The molecule has 1 fully saturated rings. The van der Waals surface area contributed by atoms with Crippen LogP contribution in [0.15, 0.2) is 11.3 Å².